The standard InChI is InChI=1S/C12H21NO2/c1-6-10-7-8-13(9(10)2)11(14)15-12(3,4)5/h6,9H,7-8H2,1-5H3/b10-6-. The molecule has 1 unspecified atom stereocenters. The first-order valence-electron chi connectivity index (χ1n) is 5.50. The van der Waals surface area contributed by atoms with E-state index >= 15 is 0 Å². The van der Waals surface area contributed by atoms with Crippen molar-refractivity contribution in [3.63, 3.8) is 0 Å². The summed E-state index contributed by atoms with van der Waals surface area (Å²) < 4.78 is 5.34. The molecule has 0 bridgehead atoms. The van der Waals surface area contributed by atoms with Crippen molar-refractivity contribution < 1.29 is 9.53 Å². The molecule has 0 aliphatic carbocycles. The van der Waals surface area contributed by atoms with Crippen LogP contribution in [0.25, 0.3) is 0 Å². The van der Waals surface area contributed by atoms with Gasteiger partial charge < -0.3 is 9.64 Å². The van der Waals surface area contributed by atoms with Crippen LogP contribution in [0.5, 0.6) is 0 Å². The smallest absolute Gasteiger partial charge is 0.410 e. The van der Waals surface area contributed by atoms with Gasteiger partial charge in [0.2, 0.25) is 0 Å². The summed E-state index contributed by atoms with van der Waals surface area (Å²) in [4.78, 5) is 13.6. The molecule has 1 fully saturated rings. The van der Waals surface area contributed by atoms with Crippen LogP contribution in [0.15, 0.2) is 11.6 Å². The number of hydrogen-bond acceptors (Lipinski definition) is 2. The Morgan fingerprint density at radius 2 is 2.13 bits per heavy atom. The van der Waals surface area contributed by atoms with E-state index in [9.17, 15) is 4.79 Å². The average Bonchev–Trinajstić information content (AvgIpc) is 2.43. The Morgan fingerprint density at radius 3 is 2.53 bits per heavy atom. The minimum Gasteiger partial charge on any atom is -0.444 e. The Balaban J connectivity index is 2.63. The SMILES string of the molecule is C/C=C1/CCN(C(=O)OC(C)(C)C)C1C. The van der Waals surface area contributed by atoms with E-state index in [1.165, 1.54) is 5.57 Å². The fourth-order valence-electron chi connectivity index (χ4n) is 1.81. The Labute approximate surface area is 92.1 Å². The van der Waals surface area contributed by atoms with E-state index in [0.29, 0.717) is 0 Å². The number of carbonyl (C=O) groups is 1. The molecule has 0 N–H and O–H groups in total. The second-order valence-electron chi connectivity index (χ2n) is 4.96. The molecular formula is C12H21NO2. The van der Waals surface area contributed by atoms with Gasteiger partial charge in [0.05, 0.1) is 6.04 Å². The van der Waals surface area contributed by atoms with Gasteiger partial charge in [0.15, 0.2) is 0 Å². The van der Waals surface area contributed by atoms with Gasteiger partial charge in [-0.2, -0.15) is 0 Å². The largest absolute Gasteiger partial charge is 0.444 e. The summed E-state index contributed by atoms with van der Waals surface area (Å²) in [5.41, 5.74) is 0.913. The second kappa shape index (κ2) is 4.25. The molecule has 0 radical (unpaired) electrons. The first-order valence-corrected chi connectivity index (χ1v) is 5.50. The van der Waals surface area contributed by atoms with Crippen LogP contribution in [0.1, 0.15) is 41.0 Å². The van der Waals surface area contributed by atoms with Gasteiger partial charge in [-0.25, -0.2) is 4.79 Å². The van der Waals surface area contributed by atoms with Crippen molar-refractivity contribution in [3.05, 3.63) is 11.6 Å². The van der Waals surface area contributed by atoms with Crippen molar-refractivity contribution in [2.75, 3.05) is 6.54 Å². The van der Waals surface area contributed by atoms with E-state index in [0.717, 1.165) is 13.0 Å². The lowest BCUT2D eigenvalue weighted by Gasteiger charge is -2.27. The van der Waals surface area contributed by atoms with E-state index in [4.69, 9.17) is 4.74 Å². The Hall–Kier alpha value is -0.990. The molecule has 15 heavy (non-hydrogen) atoms. The lowest BCUT2D eigenvalue weighted by molar-refractivity contribution is 0.0249. The van der Waals surface area contributed by atoms with Crippen molar-refractivity contribution in [3.8, 4) is 0 Å². The topological polar surface area (TPSA) is 29.5 Å². The van der Waals surface area contributed by atoms with Crippen molar-refractivity contribution in [1.82, 2.24) is 4.90 Å². The molecule has 3 nitrogen and oxygen atoms in total. The number of likely N-dealkylation sites (tertiary alicyclic amines) is 1. The van der Waals surface area contributed by atoms with Crippen LogP contribution in [-0.4, -0.2) is 29.2 Å². The molecule has 0 aromatic carbocycles. The van der Waals surface area contributed by atoms with E-state index in [2.05, 4.69) is 6.08 Å². The number of nitrogens with zero attached hydrogens (tertiary/aromatic N) is 1. The maximum atomic E-state index is 11.8. The van der Waals surface area contributed by atoms with E-state index in [-0.39, 0.29) is 12.1 Å². The summed E-state index contributed by atoms with van der Waals surface area (Å²) >= 11 is 0. The Kier molecular flexibility index (Phi) is 3.42. The lowest BCUT2D eigenvalue weighted by Crippen LogP contribution is -2.38. The Morgan fingerprint density at radius 1 is 1.53 bits per heavy atom. The van der Waals surface area contributed by atoms with Gasteiger partial charge in [-0.3, -0.25) is 0 Å². The highest BCUT2D eigenvalue weighted by Crippen LogP contribution is 2.24. The third kappa shape index (κ3) is 2.98. The predicted octanol–water partition coefficient (Wildman–Crippen LogP) is 2.96. The predicted molar refractivity (Wildman–Crippen MR) is 60.8 cm³/mol. The molecule has 0 spiro atoms. The molecule has 0 aromatic rings. The zero-order valence-corrected chi connectivity index (χ0v) is 10.3. The fourth-order valence-corrected chi connectivity index (χ4v) is 1.81. The minimum atomic E-state index is -0.407. The highest BCUT2D eigenvalue weighted by Gasteiger charge is 2.31. The minimum absolute atomic E-state index is 0.185. The fraction of sp³-hybridized carbons (Fsp3) is 0.750. The third-order valence-corrected chi connectivity index (χ3v) is 2.64. The van der Waals surface area contributed by atoms with Gasteiger partial charge >= 0.3 is 6.09 Å². The van der Waals surface area contributed by atoms with Gasteiger partial charge in [0.1, 0.15) is 5.60 Å². The van der Waals surface area contributed by atoms with Crippen LogP contribution in [0.3, 0.4) is 0 Å². The van der Waals surface area contributed by atoms with Gasteiger partial charge in [-0.1, -0.05) is 11.6 Å². The van der Waals surface area contributed by atoms with Gasteiger partial charge in [-0.05, 0) is 41.0 Å². The number of amides is 1. The van der Waals surface area contributed by atoms with Crippen LogP contribution >= 0.6 is 0 Å². The van der Waals surface area contributed by atoms with Crippen LogP contribution in [0, 0.1) is 0 Å². The van der Waals surface area contributed by atoms with Crippen LogP contribution < -0.4 is 0 Å². The first kappa shape index (κ1) is 12.1. The summed E-state index contributed by atoms with van der Waals surface area (Å²) in [6.07, 6.45) is 2.86. The first-order chi connectivity index (χ1) is 6.85. The molecule has 3 heteroatoms. The molecule has 0 aromatic heterocycles. The summed E-state index contributed by atoms with van der Waals surface area (Å²) in [6.45, 7) is 10.5. The van der Waals surface area contributed by atoms with Crippen molar-refractivity contribution in [2.45, 2.75) is 52.7 Å². The number of ether oxygens (including phenoxy) is 1. The number of allylic oxidation sites excluding steroid dienone is 1. The summed E-state index contributed by atoms with van der Waals surface area (Å²) in [5.74, 6) is 0. The van der Waals surface area contributed by atoms with E-state index in [1.54, 1.807) is 4.90 Å². The Bertz CT molecular complexity index is 276. The number of carbonyl (C=O) groups excluding carboxylic acids is 1. The summed E-state index contributed by atoms with van der Waals surface area (Å²) in [7, 11) is 0. The third-order valence-electron chi connectivity index (χ3n) is 2.64. The molecule has 1 aliphatic rings. The van der Waals surface area contributed by atoms with E-state index < -0.39 is 5.60 Å². The molecule has 1 aliphatic heterocycles. The van der Waals surface area contributed by atoms with Gasteiger partial charge in [-0.15, -0.1) is 0 Å². The summed E-state index contributed by atoms with van der Waals surface area (Å²) in [6, 6.07) is 0.185. The molecule has 1 saturated heterocycles. The quantitative estimate of drug-likeness (QED) is 0.576. The van der Waals surface area contributed by atoms with Gasteiger partial charge in [0.25, 0.3) is 0 Å². The molecule has 1 amide bonds. The molecule has 1 heterocycles. The van der Waals surface area contributed by atoms with Crippen LogP contribution in [0.4, 0.5) is 4.79 Å². The maximum Gasteiger partial charge on any atom is 0.410 e. The second-order valence-corrected chi connectivity index (χ2v) is 4.96. The highest BCUT2D eigenvalue weighted by atomic mass is 16.6. The maximum absolute atomic E-state index is 11.8. The van der Waals surface area contributed by atoms with Crippen molar-refractivity contribution >= 4 is 6.09 Å². The average molecular weight is 211 g/mol. The molecular weight excluding hydrogens is 190 g/mol. The van der Waals surface area contributed by atoms with E-state index in [1.807, 2.05) is 34.6 Å². The van der Waals surface area contributed by atoms with Crippen LogP contribution in [0.2, 0.25) is 0 Å². The molecule has 86 valence electrons. The van der Waals surface area contributed by atoms with Gasteiger partial charge in [0, 0.05) is 6.54 Å². The lowest BCUT2D eigenvalue weighted by atomic mass is 10.1. The monoisotopic (exact) mass is 211 g/mol. The highest BCUT2D eigenvalue weighted by molar-refractivity contribution is 5.69. The van der Waals surface area contributed by atoms with Crippen LogP contribution in [-0.2, 0) is 4.74 Å². The molecule has 0 saturated carbocycles. The zero-order chi connectivity index (χ0) is 11.6. The number of hydrogen-bond donors (Lipinski definition) is 0. The number of rotatable bonds is 0. The normalized spacial score (nSPS) is 24.7. The molecule has 1 rings (SSSR count). The summed E-state index contributed by atoms with van der Waals surface area (Å²) in [5, 5.41) is 0. The van der Waals surface area contributed by atoms with Crippen molar-refractivity contribution in [2.24, 2.45) is 0 Å². The zero-order valence-electron chi connectivity index (χ0n) is 10.3. The molecule has 1 atom stereocenters. The van der Waals surface area contributed by atoms with Crippen molar-refractivity contribution in [1.29, 1.82) is 0 Å².